The lowest BCUT2D eigenvalue weighted by atomic mass is 10.1. The van der Waals surface area contributed by atoms with Crippen molar-refractivity contribution in [2.75, 3.05) is 5.32 Å². The molecule has 2 aromatic carbocycles. The van der Waals surface area contributed by atoms with E-state index in [1.807, 2.05) is 0 Å². The van der Waals surface area contributed by atoms with Crippen LogP contribution in [0.3, 0.4) is 0 Å². The van der Waals surface area contributed by atoms with Crippen molar-refractivity contribution in [3.63, 3.8) is 0 Å². The van der Waals surface area contributed by atoms with Gasteiger partial charge in [-0.25, -0.2) is 0 Å². The molecule has 0 unspecified atom stereocenters. The van der Waals surface area contributed by atoms with Gasteiger partial charge >= 0.3 is 6.18 Å². The monoisotopic (exact) mass is 364 g/mol. The smallest absolute Gasteiger partial charge is 0.348 e. The summed E-state index contributed by atoms with van der Waals surface area (Å²) < 4.78 is 37.6. The summed E-state index contributed by atoms with van der Waals surface area (Å²) in [4.78, 5) is 23.6. The van der Waals surface area contributed by atoms with Crippen molar-refractivity contribution in [2.24, 2.45) is 5.92 Å². The van der Waals surface area contributed by atoms with Gasteiger partial charge < -0.3 is 10.6 Å². The summed E-state index contributed by atoms with van der Waals surface area (Å²) in [6, 6.07) is 11.0. The molecule has 0 heterocycles. The van der Waals surface area contributed by atoms with Crippen LogP contribution in [0, 0.1) is 5.92 Å². The average molecular weight is 364 g/mol. The van der Waals surface area contributed by atoms with E-state index in [1.165, 1.54) is 0 Å². The Bertz CT molecular complexity index is 767. The molecule has 0 atom stereocenters. The van der Waals surface area contributed by atoms with Crippen LogP contribution in [0.1, 0.15) is 35.3 Å². The fourth-order valence-corrected chi connectivity index (χ4v) is 2.09. The third-order valence-corrected chi connectivity index (χ3v) is 3.67. The Morgan fingerprint density at radius 3 is 2.04 bits per heavy atom. The number of rotatable bonds is 5. The second-order valence-corrected chi connectivity index (χ2v) is 6.10. The van der Waals surface area contributed by atoms with Crippen LogP contribution in [0.4, 0.5) is 18.9 Å². The van der Waals surface area contributed by atoms with Gasteiger partial charge in [0.1, 0.15) is 0 Å². The second kappa shape index (κ2) is 8.03. The molecule has 0 radical (unpaired) electrons. The summed E-state index contributed by atoms with van der Waals surface area (Å²) in [5, 5.41) is 5.40. The fraction of sp³-hybridized carbons (Fsp3) is 0.263. The van der Waals surface area contributed by atoms with E-state index < -0.39 is 17.6 Å². The van der Waals surface area contributed by atoms with E-state index in [0.717, 1.165) is 29.8 Å². The number of anilines is 1. The molecule has 138 valence electrons. The van der Waals surface area contributed by atoms with E-state index in [2.05, 4.69) is 10.6 Å². The van der Waals surface area contributed by atoms with Gasteiger partial charge in [0.2, 0.25) is 5.91 Å². The maximum Gasteiger partial charge on any atom is 0.416 e. The summed E-state index contributed by atoms with van der Waals surface area (Å²) in [7, 11) is 0. The van der Waals surface area contributed by atoms with E-state index in [9.17, 15) is 22.8 Å². The fourth-order valence-electron chi connectivity index (χ4n) is 2.09. The summed E-state index contributed by atoms with van der Waals surface area (Å²) in [5.74, 6) is -0.679. The van der Waals surface area contributed by atoms with E-state index in [4.69, 9.17) is 0 Å². The van der Waals surface area contributed by atoms with Crippen LogP contribution in [0.2, 0.25) is 0 Å². The number of benzene rings is 2. The Balaban J connectivity index is 1.92. The van der Waals surface area contributed by atoms with Crippen LogP contribution < -0.4 is 10.6 Å². The van der Waals surface area contributed by atoms with Crippen LogP contribution in [0.15, 0.2) is 48.5 Å². The van der Waals surface area contributed by atoms with Crippen molar-refractivity contribution >= 4 is 17.5 Å². The van der Waals surface area contributed by atoms with Gasteiger partial charge in [0.25, 0.3) is 5.91 Å². The Kier molecular flexibility index (Phi) is 6.02. The highest BCUT2D eigenvalue weighted by Crippen LogP contribution is 2.29. The van der Waals surface area contributed by atoms with Crippen molar-refractivity contribution in [3.05, 3.63) is 65.2 Å². The summed E-state index contributed by atoms with van der Waals surface area (Å²) >= 11 is 0. The number of nitrogens with one attached hydrogen (secondary N) is 2. The maximum absolute atomic E-state index is 12.5. The molecule has 0 aliphatic carbocycles. The molecular weight excluding hydrogens is 345 g/mol. The number of halogens is 3. The summed E-state index contributed by atoms with van der Waals surface area (Å²) in [6.45, 7) is 3.80. The van der Waals surface area contributed by atoms with Crippen molar-refractivity contribution < 1.29 is 22.8 Å². The lowest BCUT2D eigenvalue weighted by molar-refractivity contribution is -0.137. The molecule has 0 aliphatic heterocycles. The standard InChI is InChI=1S/C19H19F3N2O2/c1-12(2)17(25)24-16-9-3-13(4-10-16)11-23-18(26)14-5-7-15(8-6-14)19(20,21)22/h3-10,12H,11H2,1-2H3,(H,23,26)(H,24,25). The first-order valence-corrected chi connectivity index (χ1v) is 8.02. The average Bonchev–Trinajstić information content (AvgIpc) is 2.60. The highest BCUT2D eigenvalue weighted by Gasteiger charge is 2.30. The van der Waals surface area contributed by atoms with Gasteiger partial charge in [-0.2, -0.15) is 13.2 Å². The van der Waals surface area contributed by atoms with Gasteiger partial charge in [0.15, 0.2) is 0 Å². The van der Waals surface area contributed by atoms with Crippen molar-refractivity contribution in [2.45, 2.75) is 26.6 Å². The predicted molar refractivity (Wildman–Crippen MR) is 92.5 cm³/mol. The van der Waals surface area contributed by atoms with Gasteiger partial charge in [-0.15, -0.1) is 0 Å². The zero-order valence-electron chi connectivity index (χ0n) is 14.4. The molecule has 0 saturated heterocycles. The minimum atomic E-state index is -4.43. The van der Waals surface area contributed by atoms with Gasteiger partial charge in [-0.3, -0.25) is 9.59 Å². The molecule has 4 nitrogen and oxygen atoms in total. The normalized spacial score (nSPS) is 11.3. The molecule has 2 rings (SSSR count). The number of hydrogen-bond donors (Lipinski definition) is 2. The van der Waals surface area contributed by atoms with E-state index in [1.54, 1.807) is 38.1 Å². The Morgan fingerprint density at radius 2 is 1.54 bits per heavy atom. The third kappa shape index (κ3) is 5.34. The predicted octanol–water partition coefficient (Wildman–Crippen LogP) is 4.23. The van der Waals surface area contributed by atoms with Crippen LogP contribution in [-0.2, 0) is 17.5 Å². The highest BCUT2D eigenvalue weighted by atomic mass is 19.4. The Labute approximate surface area is 149 Å². The molecule has 0 aliphatic rings. The first-order chi connectivity index (χ1) is 12.2. The molecule has 26 heavy (non-hydrogen) atoms. The SMILES string of the molecule is CC(C)C(=O)Nc1ccc(CNC(=O)c2ccc(C(F)(F)F)cc2)cc1. The summed E-state index contributed by atoms with van der Waals surface area (Å²) in [6.07, 6.45) is -4.43. The molecule has 2 aromatic rings. The van der Waals surface area contributed by atoms with Gasteiger partial charge in [-0.05, 0) is 42.0 Å². The maximum atomic E-state index is 12.5. The van der Waals surface area contributed by atoms with E-state index in [0.29, 0.717) is 5.69 Å². The first-order valence-electron chi connectivity index (χ1n) is 8.02. The number of alkyl halides is 3. The molecule has 0 bridgehead atoms. The molecule has 2 amide bonds. The van der Waals surface area contributed by atoms with Crippen LogP contribution in [0.5, 0.6) is 0 Å². The summed E-state index contributed by atoms with van der Waals surface area (Å²) in [5.41, 5.74) is 0.807. The number of hydrogen-bond acceptors (Lipinski definition) is 2. The number of carbonyl (C=O) groups is 2. The lowest BCUT2D eigenvalue weighted by Crippen LogP contribution is -2.23. The van der Waals surface area contributed by atoms with Crippen LogP contribution in [-0.4, -0.2) is 11.8 Å². The van der Waals surface area contributed by atoms with Gasteiger partial charge in [0, 0.05) is 23.7 Å². The van der Waals surface area contributed by atoms with Gasteiger partial charge in [-0.1, -0.05) is 26.0 Å². The zero-order valence-corrected chi connectivity index (χ0v) is 14.4. The molecule has 2 N–H and O–H groups in total. The second-order valence-electron chi connectivity index (χ2n) is 6.10. The Morgan fingerprint density at radius 1 is 0.962 bits per heavy atom. The van der Waals surface area contributed by atoms with Crippen molar-refractivity contribution in [3.8, 4) is 0 Å². The third-order valence-electron chi connectivity index (χ3n) is 3.67. The minimum absolute atomic E-state index is 0.0895. The van der Waals surface area contributed by atoms with Crippen LogP contribution in [0.25, 0.3) is 0 Å². The molecular formula is C19H19F3N2O2. The van der Waals surface area contributed by atoms with Gasteiger partial charge in [0.05, 0.1) is 5.56 Å². The van der Waals surface area contributed by atoms with Crippen molar-refractivity contribution in [1.29, 1.82) is 0 Å². The van der Waals surface area contributed by atoms with E-state index >= 15 is 0 Å². The quantitative estimate of drug-likeness (QED) is 0.834. The van der Waals surface area contributed by atoms with Crippen molar-refractivity contribution in [1.82, 2.24) is 5.32 Å². The van der Waals surface area contributed by atoms with E-state index in [-0.39, 0.29) is 23.9 Å². The molecule has 0 aromatic heterocycles. The minimum Gasteiger partial charge on any atom is -0.348 e. The molecule has 0 fully saturated rings. The molecule has 7 heteroatoms. The largest absolute Gasteiger partial charge is 0.416 e. The zero-order chi connectivity index (χ0) is 19.3. The first kappa shape index (κ1) is 19.5. The number of amides is 2. The van der Waals surface area contributed by atoms with Crippen LogP contribution >= 0.6 is 0 Å². The topological polar surface area (TPSA) is 58.2 Å². The number of carbonyl (C=O) groups excluding carboxylic acids is 2. The Hall–Kier alpha value is -2.83. The lowest BCUT2D eigenvalue weighted by Gasteiger charge is -2.10. The molecule has 0 spiro atoms. The molecule has 0 saturated carbocycles. The highest BCUT2D eigenvalue weighted by molar-refractivity contribution is 5.94.